The van der Waals surface area contributed by atoms with Gasteiger partial charge in [0.15, 0.2) is 0 Å². The van der Waals surface area contributed by atoms with E-state index < -0.39 is 0 Å². The summed E-state index contributed by atoms with van der Waals surface area (Å²) >= 11 is 0. The highest BCUT2D eigenvalue weighted by Gasteiger charge is 2.26. The molecular weight excluding hydrogens is 220 g/mol. The Hall–Kier alpha value is -1.80. The van der Waals surface area contributed by atoms with E-state index in [-0.39, 0.29) is 0 Å². The third kappa shape index (κ3) is 2.00. The van der Waals surface area contributed by atoms with Crippen LogP contribution in [0, 0.1) is 6.92 Å². The van der Waals surface area contributed by atoms with Crippen molar-refractivity contribution in [3.8, 4) is 0 Å². The van der Waals surface area contributed by atoms with Crippen molar-refractivity contribution in [3.05, 3.63) is 59.7 Å². The van der Waals surface area contributed by atoms with E-state index in [0.717, 1.165) is 6.54 Å². The highest BCUT2D eigenvalue weighted by molar-refractivity contribution is 5.69. The summed E-state index contributed by atoms with van der Waals surface area (Å²) in [5.74, 6) is 0. The fourth-order valence-corrected chi connectivity index (χ4v) is 2.44. The molecule has 1 atom stereocenters. The van der Waals surface area contributed by atoms with Crippen LogP contribution in [0.5, 0.6) is 0 Å². The molecule has 0 aliphatic carbocycles. The van der Waals surface area contributed by atoms with Crippen LogP contribution in [0.3, 0.4) is 0 Å². The highest BCUT2D eigenvalue weighted by atomic mass is 15.1. The van der Waals surface area contributed by atoms with E-state index in [0.29, 0.717) is 6.04 Å². The highest BCUT2D eigenvalue weighted by Crippen LogP contribution is 2.35. The molecule has 1 saturated heterocycles. The van der Waals surface area contributed by atoms with E-state index >= 15 is 0 Å². The average Bonchev–Trinajstić information content (AvgIpc) is 3.23. The van der Waals surface area contributed by atoms with Crippen LogP contribution in [-0.4, -0.2) is 13.6 Å². The summed E-state index contributed by atoms with van der Waals surface area (Å²) in [4.78, 5) is 2.28. The first-order valence-electron chi connectivity index (χ1n) is 6.39. The van der Waals surface area contributed by atoms with Crippen LogP contribution in [0.25, 0.3) is 0 Å². The van der Waals surface area contributed by atoms with Gasteiger partial charge in [-0.3, -0.25) is 0 Å². The monoisotopic (exact) mass is 238 g/mol. The van der Waals surface area contributed by atoms with Gasteiger partial charge in [0.25, 0.3) is 0 Å². The van der Waals surface area contributed by atoms with Gasteiger partial charge in [0, 0.05) is 31.0 Å². The molecule has 0 spiro atoms. The van der Waals surface area contributed by atoms with E-state index in [1.807, 2.05) is 0 Å². The van der Waals surface area contributed by atoms with Gasteiger partial charge < -0.3 is 10.2 Å². The Morgan fingerprint density at radius 1 is 1.00 bits per heavy atom. The molecule has 0 bridgehead atoms. The lowest BCUT2D eigenvalue weighted by Gasteiger charge is -2.24. The van der Waals surface area contributed by atoms with E-state index in [4.69, 9.17) is 0 Å². The third-order valence-corrected chi connectivity index (χ3v) is 3.56. The third-order valence-electron chi connectivity index (χ3n) is 3.56. The second-order valence-electron chi connectivity index (χ2n) is 4.87. The number of hydrogen-bond acceptors (Lipinski definition) is 2. The van der Waals surface area contributed by atoms with Crippen LogP contribution in [0.2, 0.25) is 0 Å². The maximum absolute atomic E-state index is 3.39. The largest absolute Gasteiger partial charge is 0.344 e. The topological polar surface area (TPSA) is 25.2 Å². The number of nitrogens with one attached hydrogen (secondary N) is 1. The summed E-state index contributed by atoms with van der Waals surface area (Å²) in [6, 6.07) is 17.7. The molecule has 92 valence electrons. The summed E-state index contributed by atoms with van der Waals surface area (Å²) in [5.41, 5.74) is 5.26. The van der Waals surface area contributed by atoms with Gasteiger partial charge in [-0.25, -0.2) is 0 Å². The van der Waals surface area contributed by atoms with E-state index in [9.17, 15) is 0 Å². The van der Waals surface area contributed by atoms with Gasteiger partial charge in [-0.2, -0.15) is 0 Å². The molecule has 3 rings (SSSR count). The summed E-state index contributed by atoms with van der Waals surface area (Å²) in [5, 5.41) is 3.39. The molecule has 0 saturated carbocycles. The number of aryl methyl sites for hydroxylation is 1. The standard InChI is InChI=1S/C16H18N2/c1-12-7-3-5-9-15(12)18(2)16-10-6-4-8-13(16)14-11-17-14/h3-10,14,17H,11H2,1-2H3. The minimum atomic E-state index is 0.535. The molecule has 0 aromatic heterocycles. The van der Waals surface area contributed by atoms with Crippen molar-refractivity contribution >= 4 is 11.4 Å². The minimum Gasteiger partial charge on any atom is -0.344 e. The quantitative estimate of drug-likeness (QED) is 0.829. The van der Waals surface area contributed by atoms with E-state index in [2.05, 4.69) is 72.7 Å². The lowest BCUT2D eigenvalue weighted by molar-refractivity contribution is 1.05. The Kier molecular flexibility index (Phi) is 2.80. The normalized spacial score (nSPS) is 17.6. The number of para-hydroxylation sites is 2. The molecule has 1 aliphatic heterocycles. The van der Waals surface area contributed by atoms with Crippen molar-refractivity contribution in [2.24, 2.45) is 0 Å². The van der Waals surface area contributed by atoms with Crippen molar-refractivity contribution in [2.45, 2.75) is 13.0 Å². The predicted octanol–water partition coefficient (Wildman–Crippen LogP) is 3.41. The van der Waals surface area contributed by atoms with Gasteiger partial charge in [-0.15, -0.1) is 0 Å². The second kappa shape index (κ2) is 4.46. The number of benzene rings is 2. The summed E-state index contributed by atoms with van der Waals surface area (Å²) < 4.78 is 0. The minimum absolute atomic E-state index is 0.535. The zero-order valence-electron chi connectivity index (χ0n) is 10.9. The molecule has 0 amide bonds. The van der Waals surface area contributed by atoms with Gasteiger partial charge >= 0.3 is 0 Å². The van der Waals surface area contributed by atoms with Gasteiger partial charge in [0.05, 0.1) is 0 Å². The Morgan fingerprint density at radius 2 is 1.61 bits per heavy atom. The van der Waals surface area contributed by atoms with Crippen LogP contribution in [0.4, 0.5) is 11.4 Å². The summed E-state index contributed by atoms with van der Waals surface area (Å²) in [6.45, 7) is 3.25. The Morgan fingerprint density at radius 3 is 2.28 bits per heavy atom. The lowest BCUT2D eigenvalue weighted by atomic mass is 10.1. The molecule has 18 heavy (non-hydrogen) atoms. The molecule has 1 fully saturated rings. The first kappa shape index (κ1) is 11.3. The molecule has 2 aromatic carbocycles. The van der Waals surface area contributed by atoms with Crippen LogP contribution >= 0.6 is 0 Å². The van der Waals surface area contributed by atoms with Crippen molar-refractivity contribution in [1.29, 1.82) is 0 Å². The second-order valence-corrected chi connectivity index (χ2v) is 4.87. The fourth-order valence-electron chi connectivity index (χ4n) is 2.44. The molecular formula is C16H18N2. The zero-order chi connectivity index (χ0) is 12.5. The Balaban J connectivity index is 2.02. The summed E-state index contributed by atoms with van der Waals surface area (Å²) in [6.07, 6.45) is 0. The van der Waals surface area contributed by atoms with E-state index in [1.165, 1.54) is 22.5 Å². The first-order chi connectivity index (χ1) is 8.77. The molecule has 1 heterocycles. The Labute approximate surface area is 108 Å². The average molecular weight is 238 g/mol. The molecule has 2 nitrogen and oxygen atoms in total. The molecule has 1 N–H and O–H groups in total. The van der Waals surface area contributed by atoms with Gasteiger partial charge in [-0.05, 0) is 30.2 Å². The number of anilines is 2. The van der Waals surface area contributed by atoms with Crippen LogP contribution in [0.15, 0.2) is 48.5 Å². The van der Waals surface area contributed by atoms with Crippen LogP contribution in [-0.2, 0) is 0 Å². The van der Waals surface area contributed by atoms with Gasteiger partial charge in [0.2, 0.25) is 0 Å². The number of rotatable bonds is 3. The summed E-state index contributed by atoms with van der Waals surface area (Å²) in [7, 11) is 2.14. The maximum atomic E-state index is 3.39. The molecule has 1 unspecified atom stereocenters. The fraction of sp³-hybridized carbons (Fsp3) is 0.250. The molecule has 2 heteroatoms. The SMILES string of the molecule is Cc1ccccc1N(C)c1ccccc1C1CN1. The Bertz CT molecular complexity index is 559. The lowest BCUT2D eigenvalue weighted by Crippen LogP contribution is -2.13. The smallest absolute Gasteiger partial charge is 0.0468 e. The molecule has 1 aliphatic rings. The number of hydrogen-bond donors (Lipinski definition) is 1. The van der Waals surface area contributed by atoms with Crippen molar-refractivity contribution < 1.29 is 0 Å². The van der Waals surface area contributed by atoms with Crippen molar-refractivity contribution in [2.75, 3.05) is 18.5 Å². The molecule has 2 aromatic rings. The van der Waals surface area contributed by atoms with Crippen LogP contribution < -0.4 is 10.2 Å². The van der Waals surface area contributed by atoms with Crippen molar-refractivity contribution in [1.82, 2.24) is 5.32 Å². The van der Waals surface area contributed by atoms with Crippen LogP contribution in [0.1, 0.15) is 17.2 Å². The van der Waals surface area contributed by atoms with Gasteiger partial charge in [-0.1, -0.05) is 36.4 Å². The molecule has 0 radical (unpaired) electrons. The van der Waals surface area contributed by atoms with E-state index in [1.54, 1.807) is 0 Å². The predicted molar refractivity (Wildman–Crippen MR) is 76.4 cm³/mol. The maximum Gasteiger partial charge on any atom is 0.0468 e. The zero-order valence-corrected chi connectivity index (χ0v) is 10.9. The van der Waals surface area contributed by atoms with Crippen molar-refractivity contribution in [3.63, 3.8) is 0 Å². The van der Waals surface area contributed by atoms with Gasteiger partial charge in [0.1, 0.15) is 0 Å². The first-order valence-corrected chi connectivity index (χ1v) is 6.39. The number of nitrogens with zero attached hydrogens (tertiary/aromatic N) is 1.